The molecule has 0 aromatic heterocycles. The van der Waals surface area contributed by atoms with Crippen molar-refractivity contribution in [1.82, 2.24) is 15.5 Å². The van der Waals surface area contributed by atoms with E-state index in [0.717, 1.165) is 51.0 Å². The van der Waals surface area contributed by atoms with E-state index in [9.17, 15) is 4.79 Å². The number of amides is 1. The summed E-state index contributed by atoms with van der Waals surface area (Å²) in [5.74, 6) is 1.72. The van der Waals surface area contributed by atoms with Crippen molar-refractivity contribution in [2.45, 2.75) is 26.3 Å². The molecule has 0 spiro atoms. The molecule has 0 saturated carbocycles. The van der Waals surface area contributed by atoms with E-state index in [4.69, 9.17) is 0 Å². The Bertz CT molecular complexity index is 250. The molecule has 0 aromatic rings. The molecular weight excluding hydrogens is 238 g/mol. The summed E-state index contributed by atoms with van der Waals surface area (Å²) in [6.07, 6.45) is 1.01. The highest BCUT2D eigenvalue weighted by molar-refractivity contribution is 5.85. The Morgan fingerprint density at radius 2 is 2.00 bits per heavy atom. The van der Waals surface area contributed by atoms with Gasteiger partial charge in [0.05, 0.1) is 6.04 Å². The number of nitrogens with one attached hydrogen (secondary N) is 2. The van der Waals surface area contributed by atoms with E-state index >= 15 is 0 Å². The Morgan fingerprint density at radius 1 is 1.41 bits per heavy atom. The second-order valence-corrected chi connectivity index (χ2v) is 5.10. The van der Waals surface area contributed by atoms with E-state index < -0.39 is 0 Å². The third-order valence-electron chi connectivity index (χ3n) is 3.89. The fourth-order valence-corrected chi connectivity index (χ4v) is 2.77. The average molecular weight is 262 g/mol. The van der Waals surface area contributed by atoms with Crippen LogP contribution in [0.3, 0.4) is 0 Å². The first-order valence-electron chi connectivity index (χ1n) is 6.44. The third-order valence-corrected chi connectivity index (χ3v) is 3.89. The SMILES string of the molecule is CCCNC(=O)C(C)N1C[C@H]2CNC[C@H]2C1.Cl. The van der Waals surface area contributed by atoms with Gasteiger partial charge in [-0.15, -0.1) is 12.4 Å². The third kappa shape index (κ3) is 3.33. The molecule has 1 amide bonds. The van der Waals surface area contributed by atoms with Crippen molar-refractivity contribution in [3.63, 3.8) is 0 Å². The van der Waals surface area contributed by atoms with Crippen molar-refractivity contribution in [3.8, 4) is 0 Å². The van der Waals surface area contributed by atoms with Gasteiger partial charge in [0.1, 0.15) is 0 Å². The number of carbonyl (C=O) groups is 1. The van der Waals surface area contributed by atoms with Gasteiger partial charge < -0.3 is 10.6 Å². The van der Waals surface area contributed by atoms with Crippen LogP contribution in [0.1, 0.15) is 20.3 Å². The highest BCUT2D eigenvalue weighted by atomic mass is 35.5. The first-order valence-corrected chi connectivity index (χ1v) is 6.44. The van der Waals surface area contributed by atoms with Gasteiger partial charge in [0, 0.05) is 19.6 Å². The van der Waals surface area contributed by atoms with Crippen LogP contribution in [0.2, 0.25) is 0 Å². The lowest BCUT2D eigenvalue weighted by atomic mass is 10.0. The number of nitrogens with zero attached hydrogens (tertiary/aromatic N) is 1. The molecule has 2 rings (SSSR count). The molecule has 4 nitrogen and oxygen atoms in total. The maximum atomic E-state index is 11.8. The van der Waals surface area contributed by atoms with Crippen LogP contribution in [-0.2, 0) is 4.79 Å². The summed E-state index contributed by atoms with van der Waals surface area (Å²) >= 11 is 0. The summed E-state index contributed by atoms with van der Waals surface area (Å²) in [7, 11) is 0. The molecule has 0 radical (unpaired) electrons. The van der Waals surface area contributed by atoms with Crippen molar-refractivity contribution in [2.24, 2.45) is 11.8 Å². The summed E-state index contributed by atoms with van der Waals surface area (Å²) in [5.41, 5.74) is 0. The lowest BCUT2D eigenvalue weighted by Crippen LogP contribution is -2.45. The minimum Gasteiger partial charge on any atom is -0.355 e. The first-order chi connectivity index (χ1) is 7.72. The minimum atomic E-state index is 0. The van der Waals surface area contributed by atoms with Crippen LogP contribution in [-0.4, -0.2) is 49.6 Å². The number of likely N-dealkylation sites (tertiary alicyclic amines) is 1. The van der Waals surface area contributed by atoms with Gasteiger partial charge >= 0.3 is 0 Å². The summed E-state index contributed by atoms with van der Waals surface area (Å²) in [6, 6.07) is 0.0390. The molecule has 2 aliphatic rings. The average Bonchev–Trinajstić information content (AvgIpc) is 2.84. The van der Waals surface area contributed by atoms with Crippen LogP contribution < -0.4 is 10.6 Å². The number of hydrogen-bond acceptors (Lipinski definition) is 3. The number of carbonyl (C=O) groups excluding carboxylic acids is 1. The number of hydrogen-bond donors (Lipinski definition) is 2. The summed E-state index contributed by atoms with van der Waals surface area (Å²) < 4.78 is 0. The van der Waals surface area contributed by atoms with Crippen molar-refractivity contribution in [1.29, 1.82) is 0 Å². The predicted molar refractivity (Wildman–Crippen MR) is 71.4 cm³/mol. The van der Waals surface area contributed by atoms with Crippen LogP contribution in [0.4, 0.5) is 0 Å². The Balaban J connectivity index is 0.00000144. The molecule has 0 bridgehead atoms. The Labute approximate surface area is 110 Å². The van der Waals surface area contributed by atoms with Crippen LogP contribution in [0, 0.1) is 11.8 Å². The van der Waals surface area contributed by atoms with Gasteiger partial charge in [-0.1, -0.05) is 6.92 Å². The van der Waals surface area contributed by atoms with E-state index in [1.54, 1.807) is 0 Å². The Kier molecular flexibility index (Phi) is 5.70. The maximum Gasteiger partial charge on any atom is 0.237 e. The Hall–Kier alpha value is -0.320. The fourth-order valence-electron chi connectivity index (χ4n) is 2.77. The van der Waals surface area contributed by atoms with Crippen molar-refractivity contribution >= 4 is 18.3 Å². The molecule has 1 unspecified atom stereocenters. The van der Waals surface area contributed by atoms with Crippen molar-refractivity contribution in [3.05, 3.63) is 0 Å². The molecule has 2 heterocycles. The molecule has 3 atom stereocenters. The molecule has 2 N–H and O–H groups in total. The van der Waals surface area contributed by atoms with Gasteiger partial charge in [-0.05, 0) is 38.3 Å². The normalized spacial score (nSPS) is 29.5. The fraction of sp³-hybridized carbons (Fsp3) is 0.917. The summed E-state index contributed by atoms with van der Waals surface area (Å²) in [6.45, 7) is 9.33. The van der Waals surface area contributed by atoms with Gasteiger partial charge in [0.2, 0.25) is 5.91 Å². The van der Waals surface area contributed by atoms with Crippen LogP contribution >= 0.6 is 12.4 Å². The van der Waals surface area contributed by atoms with E-state index in [0.29, 0.717) is 0 Å². The Morgan fingerprint density at radius 3 is 2.53 bits per heavy atom. The molecule has 2 aliphatic heterocycles. The van der Waals surface area contributed by atoms with Gasteiger partial charge in [-0.3, -0.25) is 9.69 Å². The molecule has 5 heteroatoms. The highest BCUT2D eigenvalue weighted by Gasteiger charge is 2.39. The zero-order valence-electron chi connectivity index (χ0n) is 10.7. The highest BCUT2D eigenvalue weighted by Crippen LogP contribution is 2.27. The molecule has 100 valence electrons. The zero-order chi connectivity index (χ0) is 11.5. The largest absolute Gasteiger partial charge is 0.355 e. The quantitative estimate of drug-likeness (QED) is 0.774. The van der Waals surface area contributed by atoms with Gasteiger partial charge in [-0.2, -0.15) is 0 Å². The first kappa shape index (κ1) is 14.7. The molecular formula is C12H24ClN3O. The lowest BCUT2D eigenvalue weighted by Gasteiger charge is -2.24. The van der Waals surface area contributed by atoms with Gasteiger partial charge in [0.25, 0.3) is 0 Å². The van der Waals surface area contributed by atoms with Gasteiger partial charge in [-0.25, -0.2) is 0 Å². The van der Waals surface area contributed by atoms with E-state index in [1.807, 2.05) is 6.92 Å². The molecule has 2 fully saturated rings. The van der Waals surface area contributed by atoms with Crippen LogP contribution in [0.5, 0.6) is 0 Å². The second kappa shape index (κ2) is 6.57. The predicted octanol–water partition coefficient (Wildman–Crippen LogP) is 0.474. The van der Waals surface area contributed by atoms with Gasteiger partial charge in [0.15, 0.2) is 0 Å². The smallest absolute Gasteiger partial charge is 0.237 e. The summed E-state index contributed by atoms with van der Waals surface area (Å²) in [5, 5.41) is 6.40. The molecule has 0 aromatic carbocycles. The molecule has 17 heavy (non-hydrogen) atoms. The molecule has 2 saturated heterocycles. The standard InChI is InChI=1S/C12H23N3O.ClH/c1-3-4-14-12(16)9(2)15-7-10-5-13-6-11(10)8-15;/h9-11,13H,3-8H2,1-2H3,(H,14,16);1H/t9?,10-,11+;. The van der Waals surface area contributed by atoms with Crippen LogP contribution in [0.25, 0.3) is 0 Å². The topological polar surface area (TPSA) is 44.4 Å². The zero-order valence-corrected chi connectivity index (χ0v) is 11.6. The lowest BCUT2D eigenvalue weighted by molar-refractivity contribution is -0.125. The number of rotatable bonds is 4. The maximum absolute atomic E-state index is 11.8. The van der Waals surface area contributed by atoms with E-state index in [-0.39, 0.29) is 24.4 Å². The van der Waals surface area contributed by atoms with Crippen molar-refractivity contribution < 1.29 is 4.79 Å². The van der Waals surface area contributed by atoms with Crippen LogP contribution in [0.15, 0.2) is 0 Å². The van der Waals surface area contributed by atoms with E-state index in [1.165, 1.54) is 0 Å². The minimum absolute atomic E-state index is 0. The number of halogens is 1. The van der Waals surface area contributed by atoms with E-state index in [2.05, 4.69) is 22.5 Å². The monoisotopic (exact) mass is 261 g/mol. The number of fused-ring (bicyclic) bond motifs is 1. The van der Waals surface area contributed by atoms with Crippen molar-refractivity contribution in [2.75, 3.05) is 32.7 Å². The summed E-state index contributed by atoms with van der Waals surface area (Å²) in [4.78, 5) is 14.2. The molecule has 0 aliphatic carbocycles. The second-order valence-electron chi connectivity index (χ2n) is 5.10.